The summed E-state index contributed by atoms with van der Waals surface area (Å²) in [6, 6.07) is 2.23. The number of thiophene rings is 1. The molecule has 1 unspecified atom stereocenters. The van der Waals surface area contributed by atoms with E-state index in [2.05, 4.69) is 53.5 Å². The van der Waals surface area contributed by atoms with Gasteiger partial charge in [-0.2, -0.15) is 11.3 Å². The van der Waals surface area contributed by atoms with Gasteiger partial charge >= 0.3 is 0 Å². The summed E-state index contributed by atoms with van der Waals surface area (Å²) >= 11 is 5.41. The van der Waals surface area contributed by atoms with E-state index in [-0.39, 0.29) is 0 Å². The summed E-state index contributed by atoms with van der Waals surface area (Å²) in [5.74, 6) is 0.766. The van der Waals surface area contributed by atoms with Crippen molar-refractivity contribution < 1.29 is 0 Å². The largest absolute Gasteiger partial charge is 0.152 e. The molecular formula is C12H19BrS. The van der Waals surface area contributed by atoms with Crippen molar-refractivity contribution in [2.24, 2.45) is 11.3 Å². The first kappa shape index (κ1) is 12.3. The Morgan fingerprint density at radius 3 is 2.57 bits per heavy atom. The standard InChI is InChI=1S/C12H19BrS/c1-12(2,3)11(8-13)5-4-10-6-7-14-9-10/h6-7,9,11H,4-5,8H2,1-3H3. The summed E-state index contributed by atoms with van der Waals surface area (Å²) in [6.45, 7) is 6.98. The van der Waals surface area contributed by atoms with Crippen molar-refractivity contribution >= 4 is 27.3 Å². The molecule has 1 atom stereocenters. The average Bonchev–Trinajstić information content (AvgIpc) is 2.55. The van der Waals surface area contributed by atoms with E-state index < -0.39 is 0 Å². The lowest BCUT2D eigenvalue weighted by Gasteiger charge is -2.29. The Hall–Kier alpha value is 0.180. The Morgan fingerprint density at radius 2 is 2.14 bits per heavy atom. The molecule has 0 bridgehead atoms. The third-order valence-electron chi connectivity index (χ3n) is 2.77. The molecule has 2 heteroatoms. The quantitative estimate of drug-likeness (QED) is 0.696. The second-order valence-corrected chi connectivity index (χ2v) is 6.32. The van der Waals surface area contributed by atoms with Crippen molar-refractivity contribution in [1.82, 2.24) is 0 Å². The molecule has 0 amide bonds. The number of rotatable bonds is 4. The number of halogens is 1. The molecule has 0 aliphatic carbocycles. The summed E-state index contributed by atoms with van der Waals surface area (Å²) in [7, 11) is 0. The van der Waals surface area contributed by atoms with Crippen LogP contribution in [0.4, 0.5) is 0 Å². The van der Waals surface area contributed by atoms with E-state index in [1.165, 1.54) is 18.4 Å². The molecule has 0 saturated carbocycles. The zero-order valence-electron chi connectivity index (χ0n) is 9.22. The van der Waals surface area contributed by atoms with Crippen LogP contribution >= 0.6 is 27.3 Å². The lowest BCUT2D eigenvalue weighted by Crippen LogP contribution is -2.22. The fraction of sp³-hybridized carbons (Fsp3) is 0.667. The fourth-order valence-corrected chi connectivity index (χ4v) is 3.52. The van der Waals surface area contributed by atoms with Crippen LogP contribution in [0.15, 0.2) is 16.8 Å². The van der Waals surface area contributed by atoms with Crippen molar-refractivity contribution in [3.63, 3.8) is 0 Å². The van der Waals surface area contributed by atoms with E-state index in [4.69, 9.17) is 0 Å². The van der Waals surface area contributed by atoms with Gasteiger partial charge in [-0.15, -0.1) is 0 Å². The van der Waals surface area contributed by atoms with Crippen LogP contribution < -0.4 is 0 Å². The summed E-state index contributed by atoms with van der Waals surface area (Å²) in [5, 5.41) is 5.53. The number of hydrogen-bond donors (Lipinski definition) is 0. The molecule has 1 rings (SSSR count). The molecule has 1 heterocycles. The number of hydrogen-bond acceptors (Lipinski definition) is 1. The molecule has 0 radical (unpaired) electrons. The predicted molar refractivity (Wildman–Crippen MR) is 69.4 cm³/mol. The van der Waals surface area contributed by atoms with Gasteiger partial charge in [-0.3, -0.25) is 0 Å². The molecule has 1 aromatic rings. The third-order valence-corrected chi connectivity index (χ3v) is 4.29. The van der Waals surface area contributed by atoms with Crippen molar-refractivity contribution in [2.75, 3.05) is 5.33 Å². The second-order valence-electron chi connectivity index (χ2n) is 4.89. The van der Waals surface area contributed by atoms with Gasteiger partial charge in [-0.05, 0) is 46.6 Å². The van der Waals surface area contributed by atoms with E-state index >= 15 is 0 Å². The van der Waals surface area contributed by atoms with Crippen molar-refractivity contribution in [2.45, 2.75) is 33.6 Å². The molecule has 1 aromatic heterocycles. The molecule has 0 nitrogen and oxygen atoms in total. The first-order chi connectivity index (χ1) is 6.54. The van der Waals surface area contributed by atoms with Crippen molar-refractivity contribution in [3.8, 4) is 0 Å². The minimum absolute atomic E-state index is 0.416. The Kier molecular flexibility index (Phi) is 4.65. The zero-order chi connectivity index (χ0) is 10.6. The average molecular weight is 275 g/mol. The van der Waals surface area contributed by atoms with Gasteiger partial charge in [0, 0.05) is 5.33 Å². The smallest absolute Gasteiger partial charge is 0.00647 e. The molecule has 0 aromatic carbocycles. The molecule has 0 N–H and O–H groups in total. The van der Waals surface area contributed by atoms with Crippen molar-refractivity contribution in [1.29, 1.82) is 0 Å². The Bertz CT molecular complexity index is 246. The van der Waals surface area contributed by atoms with Gasteiger partial charge in [0.2, 0.25) is 0 Å². The Balaban J connectivity index is 2.43. The summed E-state index contributed by atoms with van der Waals surface area (Å²) in [5.41, 5.74) is 1.91. The molecule has 0 fully saturated rings. The first-order valence-corrected chi connectivity index (χ1v) is 7.17. The zero-order valence-corrected chi connectivity index (χ0v) is 11.6. The summed E-state index contributed by atoms with van der Waals surface area (Å²) in [6.07, 6.45) is 2.50. The molecular weight excluding hydrogens is 256 g/mol. The topological polar surface area (TPSA) is 0 Å². The monoisotopic (exact) mass is 274 g/mol. The molecule has 0 spiro atoms. The van der Waals surface area contributed by atoms with Gasteiger partial charge in [0.15, 0.2) is 0 Å². The van der Waals surface area contributed by atoms with Gasteiger partial charge < -0.3 is 0 Å². The summed E-state index contributed by atoms with van der Waals surface area (Å²) < 4.78 is 0. The van der Waals surface area contributed by atoms with Gasteiger partial charge in [-0.1, -0.05) is 36.7 Å². The van der Waals surface area contributed by atoms with Crippen molar-refractivity contribution in [3.05, 3.63) is 22.4 Å². The van der Waals surface area contributed by atoms with Crippen LogP contribution in [0.1, 0.15) is 32.8 Å². The van der Waals surface area contributed by atoms with Gasteiger partial charge in [0.25, 0.3) is 0 Å². The predicted octanol–water partition coefficient (Wildman–Crippen LogP) is 4.74. The second kappa shape index (κ2) is 5.32. The van der Waals surface area contributed by atoms with E-state index in [1.807, 2.05) is 0 Å². The number of alkyl halides is 1. The molecule has 0 aliphatic heterocycles. The van der Waals surface area contributed by atoms with Crippen LogP contribution in [0.5, 0.6) is 0 Å². The normalized spacial score (nSPS) is 14.3. The third kappa shape index (κ3) is 3.74. The Morgan fingerprint density at radius 1 is 1.43 bits per heavy atom. The van der Waals surface area contributed by atoms with Crippen LogP contribution in [-0.4, -0.2) is 5.33 Å². The molecule has 80 valence electrons. The molecule has 0 saturated heterocycles. The first-order valence-electron chi connectivity index (χ1n) is 5.11. The lowest BCUT2D eigenvalue weighted by atomic mass is 9.79. The van der Waals surface area contributed by atoms with Crippen LogP contribution in [0.2, 0.25) is 0 Å². The highest BCUT2D eigenvalue weighted by Crippen LogP contribution is 2.31. The summed E-state index contributed by atoms with van der Waals surface area (Å²) in [4.78, 5) is 0. The van der Waals surface area contributed by atoms with Gasteiger partial charge in [0.1, 0.15) is 0 Å². The van der Waals surface area contributed by atoms with Crippen LogP contribution in [0.3, 0.4) is 0 Å². The van der Waals surface area contributed by atoms with E-state index in [0.717, 1.165) is 11.2 Å². The number of aryl methyl sites for hydroxylation is 1. The van der Waals surface area contributed by atoms with E-state index in [0.29, 0.717) is 5.41 Å². The SMILES string of the molecule is CC(C)(C)C(CBr)CCc1ccsc1. The van der Waals surface area contributed by atoms with E-state index in [9.17, 15) is 0 Å². The minimum atomic E-state index is 0.416. The van der Waals surface area contributed by atoms with Crippen LogP contribution in [0.25, 0.3) is 0 Å². The van der Waals surface area contributed by atoms with Gasteiger partial charge in [0.05, 0.1) is 0 Å². The maximum Gasteiger partial charge on any atom is 0.00647 e. The van der Waals surface area contributed by atoms with Crippen LogP contribution in [0, 0.1) is 11.3 Å². The van der Waals surface area contributed by atoms with Gasteiger partial charge in [-0.25, -0.2) is 0 Å². The highest BCUT2D eigenvalue weighted by Gasteiger charge is 2.22. The maximum atomic E-state index is 3.62. The maximum absolute atomic E-state index is 3.62. The molecule has 0 aliphatic rings. The van der Waals surface area contributed by atoms with Crippen LogP contribution in [-0.2, 0) is 6.42 Å². The van der Waals surface area contributed by atoms with E-state index in [1.54, 1.807) is 11.3 Å². The minimum Gasteiger partial charge on any atom is -0.152 e. The molecule has 14 heavy (non-hydrogen) atoms. The highest BCUT2D eigenvalue weighted by atomic mass is 79.9. The lowest BCUT2D eigenvalue weighted by molar-refractivity contribution is 0.254. The Labute approximate surface area is 99.9 Å². The fourth-order valence-electron chi connectivity index (χ4n) is 1.52. The highest BCUT2D eigenvalue weighted by molar-refractivity contribution is 9.09.